The summed E-state index contributed by atoms with van der Waals surface area (Å²) < 4.78 is 29.9. The highest BCUT2D eigenvalue weighted by Crippen LogP contribution is 2.10. The van der Waals surface area contributed by atoms with E-state index in [2.05, 4.69) is 10.4 Å². The summed E-state index contributed by atoms with van der Waals surface area (Å²) in [5, 5.41) is 6.11. The van der Waals surface area contributed by atoms with Crippen LogP contribution in [0.15, 0.2) is 12.3 Å². The largest absolute Gasteiger partial charge is 0.382 e. The van der Waals surface area contributed by atoms with Crippen molar-refractivity contribution in [1.82, 2.24) is 15.1 Å². The van der Waals surface area contributed by atoms with Gasteiger partial charge in [-0.15, -0.1) is 0 Å². The van der Waals surface area contributed by atoms with Crippen LogP contribution in [0, 0.1) is 0 Å². The number of ether oxygens (including phenoxy) is 1. The van der Waals surface area contributed by atoms with Gasteiger partial charge in [0, 0.05) is 13.3 Å². The molecule has 0 bridgehead atoms. The number of amides is 1. The van der Waals surface area contributed by atoms with Gasteiger partial charge in [-0.2, -0.15) is 13.9 Å². The molecule has 0 atom stereocenters. The molecule has 0 saturated carbocycles. The van der Waals surface area contributed by atoms with E-state index < -0.39 is 18.0 Å². The van der Waals surface area contributed by atoms with Gasteiger partial charge < -0.3 is 10.1 Å². The molecule has 0 aliphatic carbocycles. The Morgan fingerprint density at radius 2 is 2.29 bits per heavy atom. The summed E-state index contributed by atoms with van der Waals surface area (Å²) in [5.41, 5.74) is -0.630. The molecule has 0 spiro atoms. The Hall–Kier alpha value is -1.50. The van der Waals surface area contributed by atoms with Crippen LogP contribution in [0.4, 0.5) is 8.78 Å². The van der Waals surface area contributed by atoms with Gasteiger partial charge in [0.05, 0.1) is 12.1 Å². The molecule has 1 amide bonds. The first-order chi connectivity index (χ1) is 7.85. The van der Waals surface area contributed by atoms with Crippen LogP contribution < -0.4 is 5.32 Å². The molecule has 1 heterocycles. The average molecular weight is 247 g/mol. The lowest BCUT2D eigenvalue weighted by atomic mass is 10.1. The summed E-state index contributed by atoms with van der Waals surface area (Å²) >= 11 is 0. The zero-order valence-electron chi connectivity index (χ0n) is 9.91. The SMILES string of the molecule is COCC(C)(C)NC(=O)c1ccn(C(F)F)n1. The Labute approximate surface area is 97.7 Å². The number of nitrogens with one attached hydrogen (secondary N) is 1. The molecular weight excluding hydrogens is 232 g/mol. The molecule has 5 nitrogen and oxygen atoms in total. The molecule has 17 heavy (non-hydrogen) atoms. The van der Waals surface area contributed by atoms with Crippen LogP contribution in [-0.2, 0) is 4.74 Å². The van der Waals surface area contributed by atoms with Gasteiger partial charge in [-0.3, -0.25) is 4.79 Å². The number of carbonyl (C=O) groups is 1. The van der Waals surface area contributed by atoms with Crippen molar-refractivity contribution >= 4 is 5.91 Å². The lowest BCUT2D eigenvalue weighted by Crippen LogP contribution is -2.46. The van der Waals surface area contributed by atoms with Gasteiger partial charge in [-0.25, -0.2) is 4.68 Å². The van der Waals surface area contributed by atoms with Crippen molar-refractivity contribution in [3.8, 4) is 0 Å². The molecule has 0 fully saturated rings. The molecule has 1 N–H and O–H groups in total. The lowest BCUT2D eigenvalue weighted by Gasteiger charge is -2.24. The maximum Gasteiger partial charge on any atom is 0.333 e. The second-order valence-electron chi connectivity index (χ2n) is 4.23. The number of alkyl halides is 2. The second kappa shape index (κ2) is 5.22. The zero-order valence-corrected chi connectivity index (χ0v) is 9.91. The van der Waals surface area contributed by atoms with E-state index in [1.165, 1.54) is 13.2 Å². The fraction of sp³-hybridized carbons (Fsp3) is 0.600. The van der Waals surface area contributed by atoms with Crippen LogP contribution in [0.1, 0.15) is 30.9 Å². The molecule has 0 aromatic carbocycles. The lowest BCUT2D eigenvalue weighted by molar-refractivity contribution is 0.0557. The summed E-state index contributed by atoms with van der Waals surface area (Å²) in [6, 6.07) is 1.24. The molecule has 0 aliphatic rings. The summed E-state index contributed by atoms with van der Waals surface area (Å²) in [4.78, 5) is 11.7. The van der Waals surface area contributed by atoms with Crippen LogP contribution in [0.5, 0.6) is 0 Å². The third-order valence-electron chi connectivity index (χ3n) is 2.00. The summed E-state index contributed by atoms with van der Waals surface area (Å²) in [5.74, 6) is -0.508. The second-order valence-corrected chi connectivity index (χ2v) is 4.23. The normalized spacial score (nSPS) is 11.9. The Morgan fingerprint density at radius 3 is 2.76 bits per heavy atom. The Kier molecular flexibility index (Phi) is 4.17. The fourth-order valence-corrected chi connectivity index (χ4v) is 1.34. The zero-order chi connectivity index (χ0) is 13.1. The van der Waals surface area contributed by atoms with E-state index in [-0.39, 0.29) is 5.69 Å². The minimum atomic E-state index is -2.75. The number of carbonyl (C=O) groups excluding carboxylic acids is 1. The number of hydrogen-bond donors (Lipinski definition) is 1. The number of nitrogens with zero attached hydrogens (tertiary/aromatic N) is 2. The van der Waals surface area contributed by atoms with E-state index in [0.29, 0.717) is 11.3 Å². The van der Waals surface area contributed by atoms with Crippen molar-refractivity contribution in [1.29, 1.82) is 0 Å². The van der Waals surface area contributed by atoms with E-state index in [1.54, 1.807) is 13.8 Å². The molecule has 96 valence electrons. The third kappa shape index (κ3) is 3.77. The first-order valence-corrected chi connectivity index (χ1v) is 5.00. The minimum absolute atomic E-state index is 0.0468. The topological polar surface area (TPSA) is 56.1 Å². The highest BCUT2D eigenvalue weighted by Gasteiger charge is 2.22. The standard InChI is InChI=1S/C10H15F2N3O2/c1-10(2,6-17-3)13-8(16)7-4-5-15(14-7)9(11)12/h4-5,9H,6H2,1-3H3,(H,13,16). The van der Waals surface area contributed by atoms with Gasteiger partial charge >= 0.3 is 6.55 Å². The highest BCUT2D eigenvalue weighted by atomic mass is 19.3. The van der Waals surface area contributed by atoms with Gasteiger partial charge in [0.15, 0.2) is 0 Å². The maximum atomic E-state index is 12.3. The number of methoxy groups -OCH3 is 1. The Balaban J connectivity index is 2.69. The first kappa shape index (κ1) is 13.6. The van der Waals surface area contributed by atoms with Gasteiger partial charge in [0.1, 0.15) is 5.69 Å². The van der Waals surface area contributed by atoms with Crippen molar-refractivity contribution in [2.75, 3.05) is 13.7 Å². The Bertz CT molecular complexity index is 391. The Morgan fingerprint density at radius 1 is 1.65 bits per heavy atom. The summed E-state index contributed by atoms with van der Waals surface area (Å²) in [6.45, 7) is 1.09. The molecule has 1 aromatic rings. The van der Waals surface area contributed by atoms with Crippen LogP contribution in [0.3, 0.4) is 0 Å². The fourth-order valence-electron chi connectivity index (χ4n) is 1.34. The van der Waals surface area contributed by atoms with Crippen molar-refractivity contribution in [2.24, 2.45) is 0 Å². The van der Waals surface area contributed by atoms with Gasteiger partial charge in [0.2, 0.25) is 0 Å². The number of aromatic nitrogens is 2. The van der Waals surface area contributed by atoms with Crippen molar-refractivity contribution in [3.63, 3.8) is 0 Å². The van der Waals surface area contributed by atoms with E-state index in [9.17, 15) is 13.6 Å². The molecule has 1 rings (SSSR count). The molecule has 1 aromatic heterocycles. The molecule has 0 unspecified atom stereocenters. The maximum absolute atomic E-state index is 12.3. The van der Waals surface area contributed by atoms with E-state index >= 15 is 0 Å². The quantitative estimate of drug-likeness (QED) is 0.856. The molecule has 0 radical (unpaired) electrons. The van der Waals surface area contributed by atoms with Crippen LogP contribution in [-0.4, -0.2) is 34.9 Å². The van der Waals surface area contributed by atoms with Gasteiger partial charge in [0.25, 0.3) is 5.91 Å². The third-order valence-corrected chi connectivity index (χ3v) is 2.00. The predicted molar refractivity (Wildman–Crippen MR) is 56.9 cm³/mol. The van der Waals surface area contributed by atoms with Crippen molar-refractivity contribution < 1.29 is 18.3 Å². The van der Waals surface area contributed by atoms with Gasteiger partial charge in [-0.05, 0) is 19.9 Å². The van der Waals surface area contributed by atoms with Crippen LogP contribution in [0.2, 0.25) is 0 Å². The number of rotatable bonds is 5. The number of hydrogen-bond acceptors (Lipinski definition) is 3. The molecular formula is C10H15F2N3O2. The van der Waals surface area contributed by atoms with E-state index in [1.807, 2.05) is 0 Å². The minimum Gasteiger partial charge on any atom is -0.382 e. The van der Waals surface area contributed by atoms with Crippen LogP contribution >= 0.6 is 0 Å². The molecule has 7 heteroatoms. The monoisotopic (exact) mass is 247 g/mol. The average Bonchev–Trinajstić information content (AvgIpc) is 2.64. The summed E-state index contributed by atoms with van der Waals surface area (Å²) in [6.07, 6.45) is 1.06. The van der Waals surface area contributed by atoms with Crippen LogP contribution in [0.25, 0.3) is 0 Å². The highest BCUT2D eigenvalue weighted by molar-refractivity contribution is 5.92. The number of halogens is 2. The predicted octanol–water partition coefficient (Wildman–Crippen LogP) is 1.43. The van der Waals surface area contributed by atoms with Crippen molar-refractivity contribution in [3.05, 3.63) is 18.0 Å². The summed E-state index contributed by atoms with van der Waals surface area (Å²) in [7, 11) is 1.51. The van der Waals surface area contributed by atoms with Gasteiger partial charge in [-0.1, -0.05) is 0 Å². The van der Waals surface area contributed by atoms with E-state index in [0.717, 1.165) is 6.20 Å². The first-order valence-electron chi connectivity index (χ1n) is 5.00. The van der Waals surface area contributed by atoms with Crippen molar-refractivity contribution in [2.45, 2.75) is 25.9 Å². The molecule has 0 aliphatic heterocycles. The molecule has 0 saturated heterocycles. The van der Waals surface area contributed by atoms with E-state index in [4.69, 9.17) is 4.74 Å². The smallest absolute Gasteiger partial charge is 0.333 e.